The largest absolute Gasteiger partial charge is 0.305 e. The van der Waals surface area contributed by atoms with Crippen LogP contribution in [0.15, 0.2) is 77.7 Å². The van der Waals surface area contributed by atoms with Gasteiger partial charge in [-0.1, -0.05) is 48.0 Å². The second-order valence-electron chi connectivity index (χ2n) is 9.42. The van der Waals surface area contributed by atoms with Gasteiger partial charge < -0.3 is 5.32 Å². The first-order chi connectivity index (χ1) is 16.6. The SMILES string of the molecule is C[C@H](N[C@@H](c1cccc(S(C)=O)c1)C(C)(C)C#N)C(Cc1ccc(Cl)cc1)c1cccc(C#N)c1. The molecule has 3 aromatic carbocycles. The van der Waals surface area contributed by atoms with Crippen molar-refractivity contribution in [1.29, 1.82) is 10.5 Å². The summed E-state index contributed by atoms with van der Waals surface area (Å²) in [6.07, 6.45) is 2.39. The summed E-state index contributed by atoms with van der Waals surface area (Å²) < 4.78 is 12.1. The lowest BCUT2D eigenvalue weighted by Gasteiger charge is -2.36. The van der Waals surface area contributed by atoms with Gasteiger partial charge in [0.05, 0.1) is 29.2 Å². The van der Waals surface area contributed by atoms with E-state index in [-0.39, 0.29) is 18.0 Å². The van der Waals surface area contributed by atoms with Crippen LogP contribution in [0, 0.1) is 28.1 Å². The molecule has 4 nitrogen and oxygen atoms in total. The zero-order chi connectivity index (χ0) is 25.6. The topological polar surface area (TPSA) is 76.7 Å². The van der Waals surface area contributed by atoms with Crippen molar-refractivity contribution in [3.05, 3.63) is 100 Å². The fourth-order valence-electron chi connectivity index (χ4n) is 4.33. The molecule has 1 N–H and O–H groups in total. The van der Waals surface area contributed by atoms with Crippen LogP contribution in [-0.4, -0.2) is 16.5 Å². The van der Waals surface area contributed by atoms with Crippen LogP contribution in [0.3, 0.4) is 0 Å². The lowest BCUT2D eigenvalue weighted by Crippen LogP contribution is -2.42. The van der Waals surface area contributed by atoms with Crippen LogP contribution in [-0.2, 0) is 17.2 Å². The molecule has 0 aliphatic carbocycles. The quantitative estimate of drug-likeness (QED) is 0.359. The van der Waals surface area contributed by atoms with Crippen molar-refractivity contribution in [3.63, 3.8) is 0 Å². The van der Waals surface area contributed by atoms with Gasteiger partial charge in [0.25, 0.3) is 0 Å². The van der Waals surface area contributed by atoms with Crippen LogP contribution in [0.2, 0.25) is 5.02 Å². The van der Waals surface area contributed by atoms with Crippen molar-refractivity contribution >= 4 is 22.4 Å². The van der Waals surface area contributed by atoms with Gasteiger partial charge in [0.2, 0.25) is 0 Å². The van der Waals surface area contributed by atoms with Crippen molar-refractivity contribution in [2.75, 3.05) is 6.26 Å². The summed E-state index contributed by atoms with van der Waals surface area (Å²) in [5, 5.41) is 23.9. The molecule has 3 rings (SSSR count). The van der Waals surface area contributed by atoms with E-state index in [1.807, 2.05) is 80.6 Å². The molecule has 0 saturated heterocycles. The number of rotatable bonds is 9. The normalized spacial score (nSPS) is 14.8. The molecule has 180 valence electrons. The number of hydrogen-bond donors (Lipinski definition) is 1. The first kappa shape index (κ1) is 26.6. The molecule has 35 heavy (non-hydrogen) atoms. The van der Waals surface area contributed by atoms with E-state index in [9.17, 15) is 14.7 Å². The minimum absolute atomic E-state index is 0.0324. The number of benzene rings is 3. The third-order valence-electron chi connectivity index (χ3n) is 6.38. The Morgan fingerprint density at radius 3 is 2.29 bits per heavy atom. The van der Waals surface area contributed by atoms with Crippen LogP contribution in [0.25, 0.3) is 0 Å². The molecule has 2 unspecified atom stereocenters. The van der Waals surface area contributed by atoms with Crippen molar-refractivity contribution in [1.82, 2.24) is 5.32 Å². The van der Waals surface area contributed by atoms with Gasteiger partial charge in [0, 0.05) is 38.9 Å². The van der Waals surface area contributed by atoms with E-state index in [2.05, 4.69) is 24.4 Å². The van der Waals surface area contributed by atoms with Crippen molar-refractivity contribution in [2.45, 2.75) is 50.1 Å². The number of nitrogens with zero attached hydrogens (tertiary/aromatic N) is 2. The maximum absolute atomic E-state index is 12.1. The predicted octanol–water partition coefficient (Wildman–Crippen LogP) is 6.54. The zero-order valence-electron chi connectivity index (χ0n) is 20.5. The monoisotopic (exact) mass is 503 g/mol. The highest BCUT2D eigenvalue weighted by molar-refractivity contribution is 7.84. The van der Waals surface area contributed by atoms with Crippen LogP contribution in [0.5, 0.6) is 0 Å². The summed E-state index contributed by atoms with van der Waals surface area (Å²) in [5.74, 6) is 0.0324. The van der Waals surface area contributed by atoms with E-state index in [0.29, 0.717) is 10.6 Å². The molecule has 0 heterocycles. The van der Waals surface area contributed by atoms with Crippen molar-refractivity contribution in [3.8, 4) is 12.1 Å². The molecule has 0 radical (unpaired) electrons. The highest BCUT2D eigenvalue weighted by atomic mass is 35.5. The molecule has 3 aromatic rings. The van der Waals surface area contributed by atoms with Gasteiger partial charge in [-0.05, 0) is 80.3 Å². The minimum atomic E-state index is -1.12. The Kier molecular flexibility index (Phi) is 8.87. The summed E-state index contributed by atoms with van der Waals surface area (Å²) in [6, 6.07) is 27.5. The molecule has 0 bridgehead atoms. The smallest absolute Gasteiger partial charge is 0.0991 e. The van der Waals surface area contributed by atoms with E-state index in [4.69, 9.17) is 11.6 Å². The second kappa shape index (κ2) is 11.6. The average molecular weight is 504 g/mol. The molecule has 6 heteroatoms. The van der Waals surface area contributed by atoms with Gasteiger partial charge in [0.1, 0.15) is 0 Å². The maximum Gasteiger partial charge on any atom is 0.0991 e. The van der Waals surface area contributed by atoms with Crippen molar-refractivity contribution < 1.29 is 4.21 Å². The Balaban J connectivity index is 2.02. The predicted molar refractivity (Wildman–Crippen MR) is 143 cm³/mol. The van der Waals surface area contributed by atoms with Gasteiger partial charge >= 0.3 is 0 Å². The molecule has 0 saturated carbocycles. The van der Waals surface area contributed by atoms with E-state index in [0.717, 1.165) is 28.0 Å². The number of halogens is 1. The molecule has 0 aromatic heterocycles. The molecular weight excluding hydrogens is 474 g/mol. The summed E-state index contributed by atoms with van der Waals surface area (Å²) in [4.78, 5) is 0.732. The minimum Gasteiger partial charge on any atom is -0.305 e. The average Bonchev–Trinajstić information content (AvgIpc) is 2.86. The van der Waals surface area contributed by atoms with Crippen LogP contribution < -0.4 is 5.32 Å². The second-order valence-corrected chi connectivity index (χ2v) is 11.2. The molecule has 4 atom stereocenters. The molecule has 0 spiro atoms. The molecular formula is C29H30ClN3OS. The fourth-order valence-corrected chi connectivity index (χ4v) is 5.03. The Morgan fingerprint density at radius 2 is 1.66 bits per heavy atom. The van der Waals surface area contributed by atoms with E-state index in [1.54, 1.807) is 12.3 Å². The van der Waals surface area contributed by atoms with E-state index in [1.165, 1.54) is 0 Å². The first-order valence-electron chi connectivity index (χ1n) is 11.5. The Bertz CT molecular complexity index is 1270. The molecule has 0 aliphatic heterocycles. The van der Waals surface area contributed by atoms with Gasteiger partial charge in [0.15, 0.2) is 0 Å². The summed E-state index contributed by atoms with van der Waals surface area (Å²) in [5.41, 5.74) is 3.00. The lowest BCUT2D eigenvalue weighted by atomic mass is 9.79. The van der Waals surface area contributed by atoms with Gasteiger partial charge in [-0.2, -0.15) is 10.5 Å². The molecule has 0 amide bonds. The van der Waals surface area contributed by atoms with Gasteiger partial charge in [-0.3, -0.25) is 4.21 Å². The number of nitrogens with one attached hydrogen (secondary N) is 1. The highest BCUT2D eigenvalue weighted by Gasteiger charge is 2.34. The molecule has 0 fully saturated rings. The number of hydrogen-bond acceptors (Lipinski definition) is 4. The Hall–Kier alpha value is -2.96. The Labute approximate surface area is 216 Å². The van der Waals surface area contributed by atoms with Crippen LogP contribution in [0.1, 0.15) is 55.0 Å². The van der Waals surface area contributed by atoms with Crippen LogP contribution >= 0.6 is 11.6 Å². The maximum atomic E-state index is 12.1. The number of nitriles is 2. The van der Waals surface area contributed by atoms with Crippen LogP contribution in [0.4, 0.5) is 0 Å². The standard InChI is InChI=1S/C29H30ClN3OS/c1-20(33-28(29(2,3)19-32)24-9-6-10-26(17-24)35(4)34)27(16-21-11-13-25(30)14-12-21)23-8-5-7-22(15-23)18-31/h5-15,17,20,27-28,33H,16H2,1-4H3/t20-,27?,28-,35?/m0/s1. The lowest BCUT2D eigenvalue weighted by molar-refractivity contribution is 0.280. The Morgan fingerprint density at radius 1 is 1.00 bits per heavy atom. The zero-order valence-corrected chi connectivity index (χ0v) is 22.0. The first-order valence-corrected chi connectivity index (χ1v) is 13.4. The van der Waals surface area contributed by atoms with E-state index < -0.39 is 16.2 Å². The van der Waals surface area contributed by atoms with E-state index >= 15 is 0 Å². The third-order valence-corrected chi connectivity index (χ3v) is 7.55. The summed E-state index contributed by atoms with van der Waals surface area (Å²) >= 11 is 6.10. The third kappa shape index (κ3) is 6.80. The summed E-state index contributed by atoms with van der Waals surface area (Å²) in [6.45, 7) is 5.94. The van der Waals surface area contributed by atoms with Gasteiger partial charge in [-0.25, -0.2) is 0 Å². The highest BCUT2D eigenvalue weighted by Crippen LogP contribution is 2.36. The van der Waals surface area contributed by atoms with Crippen molar-refractivity contribution in [2.24, 2.45) is 5.41 Å². The molecule has 0 aliphatic rings. The fraction of sp³-hybridized carbons (Fsp3) is 0.310. The van der Waals surface area contributed by atoms with Gasteiger partial charge in [-0.15, -0.1) is 0 Å². The summed E-state index contributed by atoms with van der Waals surface area (Å²) in [7, 11) is -1.12.